The van der Waals surface area contributed by atoms with E-state index in [4.69, 9.17) is 16.9 Å². The van der Waals surface area contributed by atoms with Gasteiger partial charge in [0, 0.05) is 16.6 Å². The third kappa shape index (κ3) is 2.99. The number of anilines is 1. The summed E-state index contributed by atoms with van der Waals surface area (Å²) in [7, 11) is 0. The largest absolute Gasteiger partial charge is 0.357 e. The smallest absolute Gasteiger partial charge is 0.214 e. The Morgan fingerprint density at radius 2 is 2.19 bits per heavy atom. The van der Waals surface area contributed by atoms with Gasteiger partial charge in [0.05, 0.1) is 24.4 Å². The number of nitriles is 1. The zero-order valence-corrected chi connectivity index (χ0v) is 12.8. The first kappa shape index (κ1) is 13.9. The van der Waals surface area contributed by atoms with E-state index >= 15 is 0 Å². The van der Waals surface area contributed by atoms with Crippen molar-refractivity contribution in [3.8, 4) is 17.3 Å². The van der Waals surface area contributed by atoms with Gasteiger partial charge >= 0.3 is 0 Å². The number of fused-ring (bicyclic) bond motifs is 1. The second-order valence-corrected chi connectivity index (χ2v) is 6.07. The van der Waals surface area contributed by atoms with E-state index in [9.17, 15) is 0 Å². The highest BCUT2D eigenvalue weighted by Crippen LogP contribution is 2.25. The van der Waals surface area contributed by atoms with Gasteiger partial charge in [-0.15, -0.1) is 5.10 Å². The quantitative estimate of drug-likeness (QED) is 0.794. The Morgan fingerprint density at radius 1 is 1.43 bits per heavy atom. The van der Waals surface area contributed by atoms with Crippen LogP contribution in [0.1, 0.15) is 13.3 Å². The molecule has 0 saturated carbocycles. The number of hydrogen-bond donors (Lipinski definition) is 1. The zero-order valence-electron chi connectivity index (χ0n) is 11.2. The SMILES string of the molecule is CC(CC#N)Nc1nn2cc(-c3ccc(Cl)cc3)nc2s1. The van der Waals surface area contributed by atoms with Crippen LogP contribution in [-0.2, 0) is 0 Å². The Kier molecular flexibility index (Phi) is 3.78. The van der Waals surface area contributed by atoms with E-state index in [0.717, 1.165) is 21.3 Å². The van der Waals surface area contributed by atoms with Crippen LogP contribution in [0.4, 0.5) is 5.13 Å². The van der Waals surface area contributed by atoms with Crippen LogP contribution in [0, 0.1) is 11.3 Å². The van der Waals surface area contributed by atoms with E-state index in [1.807, 2.05) is 37.4 Å². The number of nitrogens with one attached hydrogen (secondary N) is 1. The summed E-state index contributed by atoms with van der Waals surface area (Å²) >= 11 is 7.35. The third-order valence-electron chi connectivity index (χ3n) is 2.95. The van der Waals surface area contributed by atoms with Crippen molar-refractivity contribution in [1.29, 1.82) is 5.26 Å². The summed E-state index contributed by atoms with van der Waals surface area (Å²) in [5.41, 5.74) is 1.87. The molecule has 2 aromatic heterocycles. The molecule has 0 fully saturated rings. The van der Waals surface area contributed by atoms with Crippen molar-refractivity contribution in [3.05, 3.63) is 35.5 Å². The van der Waals surface area contributed by atoms with Crippen molar-refractivity contribution < 1.29 is 0 Å². The van der Waals surface area contributed by atoms with Crippen LogP contribution in [0.5, 0.6) is 0 Å². The van der Waals surface area contributed by atoms with Crippen LogP contribution >= 0.6 is 22.9 Å². The minimum absolute atomic E-state index is 0.0709. The summed E-state index contributed by atoms with van der Waals surface area (Å²) < 4.78 is 1.75. The molecule has 5 nitrogen and oxygen atoms in total. The molecule has 0 aliphatic heterocycles. The van der Waals surface area contributed by atoms with Crippen molar-refractivity contribution in [2.75, 3.05) is 5.32 Å². The first-order chi connectivity index (χ1) is 10.2. The third-order valence-corrected chi connectivity index (χ3v) is 4.06. The fourth-order valence-corrected chi connectivity index (χ4v) is 2.94. The Labute approximate surface area is 130 Å². The normalized spacial score (nSPS) is 12.2. The Balaban J connectivity index is 1.84. The number of nitrogens with zero attached hydrogens (tertiary/aromatic N) is 4. The lowest BCUT2D eigenvalue weighted by atomic mass is 10.2. The monoisotopic (exact) mass is 317 g/mol. The number of benzene rings is 1. The average Bonchev–Trinajstić information content (AvgIpc) is 2.97. The molecule has 0 aliphatic rings. The summed E-state index contributed by atoms with van der Waals surface area (Å²) in [4.78, 5) is 5.37. The topological polar surface area (TPSA) is 66.0 Å². The van der Waals surface area contributed by atoms with Gasteiger partial charge in [0.1, 0.15) is 0 Å². The molecule has 7 heteroatoms. The summed E-state index contributed by atoms with van der Waals surface area (Å²) in [5, 5.41) is 17.7. The number of imidazole rings is 1. The van der Waals surface area contributed by atoms with E-state index in [-0.39, 0.29) is 6.04 Å². The second-order valence-electron chi connectivity index (χ2n) is 4.68. The molecule has 3 aromatic rings. The average molecular weight is 318 g/mol. The zero-order chi connectivity index (χ0) is 14.8. The Bertz CT molecular complexity index is 767. The standard InChI is InChI=1S/C14H12ClN5S/c1-9(6-7-16)17-13-19-20-8-12(18-14(20)21-13)10-2-4-11(15)5-3-10/h2-5,8-9H,6H2,1H3,(H,17,19). The molecule has 21 heavy (non-hydrogen) atoms. The molecule has 0 bridgehead atoms. The number of halogens is 1. The van der Waals surface area contributed by atoms with Crippen LogP contribution in [0.25, 0.3) is 16.2 Å². The van der Waals surface area contributed by atoms with Crippen molar-refractivity contribution in [3.63, 3.8) is 0 Å². The molecule has 0 saturated heterocycles. The van der Waals surface area contributed by atoms with Crippen LogP contribution < -0.4 is 5.32 Å². The maximum atomic E-state index is 8.66. The first-order valence-electron chi connectivity index (χ1n) is 6.41. The van der Waals surface area contributed by atoms with Crippen LogP contribution in [-0.4, -0.2) is 20.6 Å². The van der Waals surface area contributed by atoms with Gasteiger partial charge in [0.2, 0.25) is 10.1 Å². The van der Waals surface area contributed by atoms with E-state index < -0.39 is 0 Å². The van der Waals surface area contributed by atoms with Crippen LogP contribution in [0.2, 0.25) is 5.02 Å². The predicted octanol–water partition coefficient (Wildman–Crippen LogP) is 3.83. The number of aromatic nitrogens is 3. The van der Waals surface area contributed by atoms with Gasteiger partial charge < -0.3 is 5.32 Å². The molecule has 1 N–H and O–H groups in total. The summed E-state index contributed by atoms with van der Waals surface area (Å²) in [6, 6.07) is 9.75. The highest BCUT2D eigenvalue weighted by atomic mass is 35.5. The number of hydrogen-bond acceptors (Lipinski definition) is 5. The molecule has 3 rings (SSSR count). The van der Waals surface area contributed by atoms with Crippen molar-refractivity contribution in [1.82, 2.24) is 14.6 Å². The fourth-order valence-electron chi connectivity index (χ4n) is 1.92. The van der Waals surface area contributed by atoms with E-state index in [1.54, 1.807) is 4.52 Å². The first-order valence-corrected chi connectivity index (χ1v) is 7.61. The van der Waals surface area contributed by atoms with Gasteiger partial charge in [-0.3, -0.25) is 0 Å². The fraction of sp³-hybridized carbons (Fsp3) is 0.214. The minimum atomic E-state index is 0.0709. The molecule has 1 unspecified atom stereocenters. The molecule has 1 atom stereocenters. The van der Waals surface area contributed by atoms with Gasteiger partial charge in [0.15, 0.2) is 0 Å². The number of rotatable bonds is 4. The molecule has 106 valence electrons. The highest BCUT2D eigenvalue weighted by molar-refractivity contribution is 7.20. The van der Waals surface area contributed by atoms with E-state index in [2.05, 4.69) is 21.5 Å². The maximum Gasteiger partial charge on any atom is 0.214 e. The van der Waals surface area contributed by atoms with Crippen LogP contribution in [0.15, 0.2) is 30.5 Å². The minimum Gasteiger partial charge on any atom is -0.357 e. The lowest BCUT2D eigenvalue weighted by Gasteiger charge is -2.06. The van der Waals surface area contributed by atoms with E-state index in [1.165, 1.54) is 11.3 Å². The predicted molar refractivity (Wildman–Crippen MR) is 84.6 cm³/mol. The van der Waals surface area contributed by atoms with Gasteiger partial charge in [0.25, 0.3) is 0 Å². The van der Waals surface area contributed by atoms with Crippen molar-refractivity contribution >= 4 is 33.0 Å². The highest BCUT2D eigenvalue weighted by Gasteiger charge is 2.11. The maximum absolute atomic E-state index is 8.66. The Morgan fingerprint density at radius 3 is 2.86 bits per heavy atom. The summed E-state index contributed by atoms with van der Waals surface area (Å²) in [5.74, 6) is 0. The summed E-state index contributed by atoms with van der Waals surface area (Å²) in [6.45, 7) is 1.95. The molecular weight excluding hydrogens is 306 g/mol. The van der Waals surface area contributed by atoms with Gasteiger partial charge in [-0.05, 0) is 19.1 Å². The lowest BCUT2D eigenvalue weighted by molar-refractivity contribution is 0.810. The molecule has 2 heterocycles. The summed E-state index contributed by atoms with van der Waals surface area (Å²) in [6.07, 6.45) is 2.33. The lowest BCUT2D eigenvalue weighted by Crippen LogP contribution is -2.13. The Hall–Kier alpha value is -2.10. The van der Waals surface area contributed by atoms with Crippen LogP contribution in [0.3, 0.4) is 0 Å². The van der Waals surface area contributed by atoms with Crippen molar-refractivity contribution in [2.24, 2.45) is 0 Å². The molecule has 0 radical (unpaired) electrons. The molecule has 0 spiro atoms. The van der Waals surface area contributed by atoms with E-state index in [0.29, 0.717) is 11.4 Å². The van der Waals surface area contributed by atoms with Gasteiger partial charge in [-0.25, -0.2) is 9.50 Å². The molecule has 0 aliphatic carbocycles. The van der Waals surface area contributed by atoms with Gasteiger partial charge in [-0.2, -0.15) is 5.26 Å². The van der Waals surface area contributed by atoms with Crippen molar-refractivity contribution in [2.45, 2.75) is 19.4 Å². The van der Waals surface area contributed by atoms with Gasteiger partial charge in [-0.1, -0.05) is 35.1 Å². The molecular formula is C14H12ClN5S. The molecule has 0 amide bonds. The second kappa shape index (κ2) is 5.72. The molecule has 1 aromatic carbocycles.